The molecule has 2 N–H and O–H groups in total. The van der Waals surface area contributed by atoms with E-state index < -0.39 is 24.7 Å². The second-order valence-corrected chi connectivity index (χ2v) is 6.78. The van der Waals surface area contributed by atoms with E-state index in [1.807, 2.05) is 5.32 Å². The minimum absolute atomic E-state index is 0.0523. The summed E-state index contributed by atoms with van der Waals surface area (Å²) in [4.78, 5) is 12.5. The number of aromatic nitrogens is 2. The molecule has 29 heavy (non-hydrogen) atoms. The first-order valence-corrected chi connectivity index (χ1v) is 8.85. The molecule has 0 saturated heterocycles. The van der Waals surface area contributed by atoms with E-state index in [0.29, 0.717) is 22.0 Å². The number of nitrogens with one attached hydrogen (secondary N) is 1. The number of carbonyl (C=O) groups is 1. The van der Waals surface area contributed by atoms with Gasteiger partial charge in [-0.25, -0.2) is 0 Å². The normalized spacial score (nSPS) is 15.6. The molecule has 0 saturated carbocycles. The molecule has 0 radical (unpaired) electrons. The lowest BCUT2D eigenvalue weighted by atomic mass is 10.0. The number of carbonyl (C=O) groups excluding carboxylic acids is 1. The zero-order valence-corrected chi connectivity index (χ0v) is 15.9. The highest BCUT2D eigenvalue weighted by molar-refractivity contribution is 6.30. The monoisotopic (exact) mass is 427 g/mol. The van der Waals surface area contributed by atoms with Crippen LogP contribution in [0.1, 0.15) is 5.56 Å². The Kier molecular flexibility index (Phi) is 5.94. The third kappa shape index (κ3) is 4.96. The van der Waals surface area contributed by atoms with E-state index in [0.717, 1.165) is 0 Å². The van der Waals surface area contributed by atoms with Gasteiger partial charge < -0.3 is 10.4 Å². The summed E-state index contributed by atoms with van der Waals surface area (Å²) >= 11 is 5.90. The van der Waals surface area contributed by atoms with Crippen molar-refractivity contribution in [1.29, 1.82) is 0 Å². The van der Waals surface area contributed by atoms with Crippen LogP contribution in [0, 0.1) is 0 Å². The highest BCUT2D eigenvalue weighted by Gasteiger charge is 2.40. The Morgan fingerprint density at radius 3 is 2.59 bits per heavy atom. The van der Waals surface area contributed by atoms with E-state index in [9.17, 15) is 18.0 Å². The minimum Gasteiger partial charge on any atom is -0.394 e. The van der Waals surface area contributed by atoms with E-state index in [1.165, 1.54) is 22.0 Å². The maximum absolute atomic E-state index is 12.9. The predicted octanol–water partition coefficient (Wildman–Crippen LogP) is 2.26. The number of halogens is 4. The molecule has 0 bridgehead atoms. The van der Waals surface area contributed by atoms with E-state index >= 15 is 0 Å². The van der Waals surface area contributed by atoms with Gasteiger partial charge in [-0.05, 0) is 18.2 Å². The van der Waals surface area contributed by atoms with Crippen LogP contribution in [0.15, 0.2) is 53.4 Å². The second-order valence-electron chi connectivity index (χ2n) is 6.34. The van der Waals surface area contributed by atoms with Gasteiger partial charge in [0, 0.05) is 29.4 Å². The molecule has 2 aromatic rings. The molecule has 0 aliphatic carbocycles. The van der Waals surface area contributed by atoms with Gasteiger partial charge in [0.25, 0.3) is 0 Å². The number of hydrazone groups is 1. The third-order valence-corrected chi connectivity index (χ3v) is 4.42. The van der Waals surface area contributed by atoms with Crippen molar-refractivity contribution in [2.45, 2.75) is 12.2 Å². The Morgan fingerprint density at radius 1 is 1.34 bits per heavy atom. The number of rotatable bonds is 5. The lowest BCUT2D eigenvalue weighted by Crippen LogP contribution is -2.49. The molecule has 1 aromatic heterocycles. The van der Waals surface area contributed by atoms with Crippen LogP contribution < -0.4 is 10.3 Å². The molecule has 154 valence electrons. The molecule has 1 unspecified atom stereocenters. The summed E-state index contributed by atoms with van der Waals surface area (Å²) in [6, 6.07) is 4.29. The van der Waals surface area contributed by atoms with Crippen LogP contribution >= 0.6 is 11.6 Å². The Bertz CT molecular complexity index is 953. The molecule has 0 fully saturated rings. The van der Waals surface area contributed by atoms with Crippen LogP contribution in [0.3, 0.4) is 0 Å². The zero-order valence-electron chi connectivity index (χ0n) is 15.2. The van der Waals surface area contributed by atoms with Crippen LogP contribution in [0.25, 0.3) is 0 Å². The predicted molar refractivity (Wildman–Crippen MR) is 102 cm³/mol. The SMILES string of the molecule is Cn1cc(N2CC(C(=O)NC(CO)C(F)(F)F)=CC(c3ccc(Cl)cc3)=N2)cn1. The summed E-state index contributed by atoms with van der Waals surface area (Å²) in [7, 11) is 1.70. The summed E-state index contributed by atoms with van der Waals surface area (Å²) in [5.41, 5.74) is 1.61. The van der Waals surface area contributed by atoms with E-state index in [2.05, 4.69) is 10.2 Å². The van der Waals surface area contributed by atoms with Crippen molar-refractivity contribution in [2.75, 3.05) is 18.2 Å². The molecule has 2 heterocycles. The number of hydrogen-bond donors (Lipinski definition) is 2. The van der Waals surface area contributed by atoms with Crippen LogP contribution in [-0.2, 0) is 11.8 Å². The lowest BCUT2D eigenvalue weighted by molar-refractivity contribution is -0.167. The van der Waals surface area contributed by atoms with Crippen molar-refractivity contribution in [3.05, 3.63) is 58.9 Å². The number of anilines is 1. The van der Waals surface area contributed by atoms with Gasteiger partial charge in [0.1, 0.15) is 6.04 Å². The van der Waals surface area contributed by atoms with Crippen molar-refractivity contribution in [3.8, 4) is 0 Å². The lowest BCUT2D eigenvalue weighted by Gasteiger charge is -2.26. The summed E-state index contributed by atoms with van der Waals surface area (Å²) in [6.45, 7) is -1.32. The first-order valence-electron chi connectivity index (χ1n) is 8.47. The first-order chi connectivity index (χ1) is 13.7. The Labute approximate surface area is 169 Å². The summed E-state index contributed by atoms with van der Waals surface area (Å²) in [6.07, 6.45) is -0.168. The Hall–Kier alpha value is -2.85. The van der Waals surface area contributed by atoms with Crippen molar-refractivity contribution in [1.82, 2.24) is 15.1 Å². The van der Waals surface area contributed by atoms with Crippen molar-refractivity contribution < 1.29 is 23.1 Å². The second kappa shape index (κ2) is 8.26. The maximum atomic E-state index is 12.9. The summed E-state index contributed by atoms with van der Waals surface area (Å²) in [5, 5.41) is 21.3. The van der Waals surface area contributed by atoms with Gasteiger partial charge in [-0.3, -0.25) is 14.5 Å². The molecule has 1 atom stereocenters. The fraction of sp³-hybridized carbons (Fsp3) is 0.278. The fourth-order valence-electron chi connectivity index (χ4n) is 2.64. The minimum atomic E-state index is -4.77. The molecule has 1 amide bonds. The topological polar surface area (TPSA) is 82.8 Å². The van der Waals surface area contributed by atoms with Gasteiger partial charge in [0.05, 0.1) is 30.7 Å². The maximum Gasteiger partial charge on any atom is 0.410 e. The van der Waals surface area contributed by atoms with Crippen molar-refractivity contribution in [2.24, 2.45) is 12.1 Å². The van der Waals surface area contributed by atoms with Crippen LogP contribution in [0.5, 0.6) is 0 Å². The molecule has 0 spiro atoms. The van der Waals surface area contributed by atoms with Gasteiger partial charge in [0.15, 0.2) is 0 Å². The summed E-state index contributed by atoms with van der Waals surface area (Å²) in [5.74, 6) is -0.948. The van der Waals surface area contributed by atoms with E-state index in [-0.39, 0.29) is 12.1 Å². The van der Waals surface area contributed by atoms with Crippen LogP contribution in [-0.4, -0.2) is 51.9 Å². The van der Waals surface area contributed by atoms with Gasteiger partial charge in [-0.2, -0.15) is 23.4 Å². The smallest absolute Gasteiger partial charge is 0.394 e. The molecule has 7 nitrogen and oxygen atoms in total. The summed E-state index contributed by atoms with van der Waals surface area (Å²) < 4.78 is 40.3. The molecular formula is C18H17ClF3N5O2. The average Bonchev–Trinajstić information content (AvgIpc) is 3.11. The number of aryl methyl sites for hydroxylation is 1. The molecule has 1 aliphatic heterocycles. The highest BCUT2D eigenvalue weighted by Crippen LogP contribution is 2.23. The molecule has 1 aliphatic rings. The number of amides is 1. The Balaban J connectivity index is 1.94. The number of aliphatic hydroxyl groups excluding tert-OH is 1. The number of nitrogens with zero attached hydrogens (tertiary/aromatic N) is 4. The van der Waals surface area contributed by atoms with Gasteiger partial charge in [-0.15, -0.1) is 0 Å². The average molecular weight is 428 g/mol. The molecule has 1 aromatic carbocycles. The standard InChI is InChI=1S/C18H17ClF3N5O2/c1-26-9-14(7-23-26)27-8-12(17(29)24-16(10-28)18(20,21)22)6-15(25-27)11-2-4-13(19)5-3-11/h2-7,9,16,28H,8,10H2,1H3,(H,24,29). The quantitative estimate of drug-likeness (QED) is 0.767. The largest absolute Gasteiger partial charge is 0.410 e. The molecule has 11 heteroatoms. The Morgan fingerprint density at radius 2 is 2.03 bits per heavy atom. The van der Waals surface area contributed by atoms with Gasteiger partial charge in [-0.1, -0.05) is 23.7 Å². The van der Waals surface area contributed by atoms with Crippen LogP contribution in [0.2, 0.25) is 5.02 Å². The van der Waals surface area contributed by atoms with Crippen molar-refractivity contribution in [3.63, 3.8) is 0 Å². The molecule has 3 rings (SSSR count). The highest BCUT2D eigenvalue weighted by atomic mass is 35.5. The van der Waals surface area contributed by atoms with Crippen LogP contribution in [0.4, 0.5) is 18.9 Å². The number of alkyl halides is 3. The van der Waals surface area contributed by atoms with E-state index in [1.54, 1.807) is 37.5 Å². The van der Waals surface area contributed by atoms with Gasteiger partial charge >= 0.3 is 6.18 Å². The number of allylic oxidation sites excluding steroid dienone is 1. The third-order valence-electron chi connectivity index (χ3n) is 4.16. The number of benzene rings is 1. The molecular weight excluding hydrogens is 411 g/mol. The number of hydrogen-bond acceptors (Lipinski definition) is 5. The zero-order chi connectivity index (χ0) is 21.2. The fourth-order valence-corrected chi connectivity index (χ4v) is 2.76. The van der Waals surface area contributed by atoms with Crippen molar-refractivity contribution >= 4 is 28.9 Å². The first kappa shape index (κ1) is 20.9. The van der Waals surface area contributed by atoms with Gasteiger partial charge in [0.2, 0.25) is 5.91 Å². The number of aliphatic hydroxyl groups is 1. The van der Waals surface area contributed by atoms with E-state index in [4.69, 9.17) is 16.7 Å².